The van der Waals surface area contributed by atoms with Crippen molar-refractivity contribution in [1.29, 1.82) is 0 Å². The fraction of sp³-hybridized carbons (Fsp3) is 0.500. The molecular formula is C16H21BrN2O4. The van der Waals surface area contributed by atoms with Crippen molar-refractivity contribution in [2.75, 3.05) is 39.3 Å². The molecule has 0 atom stereocenters. The van der Waals surface area contributed by atoms with Crippen LogP contribution < -0.4 is 4.74 Å². The zero-order valence-electron chi connectivity index (χ0n) is 13.1. The Morgan fingerprint density at radius 1 is 1.26 bits per heavy atom. The van der Waals surface area contributed by atoms with Crippen LogP contribution in [0.1, 0.15) is 12.0 Å². The molecule has 126 valence electrons. The van der Waals surface area contributed by atoms with E-state index in [2.05, 4.69) is 15.9 Å². The lowest BCUT2D eigenvalue weighted by atomic mass is 10.2. The van der Waals surface area contributed by atoms with Gasteiger partial charge in [-0.25, -0.2) is 0 Å². The minimum absolute atomic E-state index is 0.0357. The van der Waals surface area contributed by atoms with E-state index in [-0.39, 0.29) is 12.5 Å². The number of nitrogens with zero attached hydrogens (tertiary/aromatic N) is 2. The molecule has 23 heavy (non-hydrogen) atoms. The number of carboxylic acids is 1. The van der Waals surface area contributed by atoms with E-state index >= 15 is 0 Å². The zero-order valence-corrected chi connectivity index (χ0v) is 14.7. The van der Waals surface area contributed by atoms with Crippen molar-refractivity contribution in [1.82, 2.24) is 9.80 Å². The Balaban J connectivity index is 1.72. The molecule has 1 heterocycles. The van der Waals surface area contributed by atoms with Crippen molar-refractivity contribution in [2.45, 2.75) is 13.3 Å². The second-order valence-corrected chi connectivity index (χ2v) is 6.47. The molecule has 1 aliphatic heterocycles. The van der Waals surface area contributed by atoms with Crippen LogP contribution in [0.4, 0.5) is 0 Å². The second kappa shape index (κ2) is 8.31. The third-order valence-corrected chi connectivity index (χ3v) is 4.29. The van der Waals surface area contributed by atoms with Crippen LogP contribution in [0.25, 0.3) is 0 Å². The van der Waals surface area contributed by atoms with Crippen LogP contribution in [-0.4, -0.2) is 66.1 Å². The predicted molar refractivity (Wildman–Crippen MR) is 89.6 cm³/mol. The monoisotopic (exact) mass is 384 g/mol. The largest absolute Gasteiger partial charge is 0.493 e. The molecule has 0 aromatic heterocycles. The molecule has 1 aliphatic rings. The van der Waals surface area contributed by atoms with Gasteiger partial charge in [-0.05, 0) is 30.7 Å². The number of ether oxygens (including phenoxy) is 1. The number of benzene rings is 1. The normalized spacial score (nSPS) is 15.5. The third-order valence-electron chi connectivity index (χ3n) is 3.79. The smallest absolute Gasteiger partial charge is 0.317 e. The minimum Gasteiger partial charge on any atom is -0.493 e. The summed E-state index contributed by atoms with van der Waals surface area (Å²) in [6.45, 7) is 4.69. The van der Waals surface area contributed by atoms with E-state index in [0.29, 0.717) is 39.2 Å². The Hall–Kier alpha value is -1.60. The van der Waals surface area contributed by atoms with Crippen molar-refractivity contribution in [3.05, 3.63) is 28.2 Å². The van der Waals surface area contributed by atoms with Crippen molar-refractivity contribution >= 4 is 27.8 Å². The molecule has 2 rings (SSSR count). The van der Waals surface area contributed by atoms with Gasteiger partial charge in [0.25, 0.3) is 0 Å². The van der Waals surface area contributed by atoms with Gasteiger partial charge in [-0.1, -0.05) is 15.9 Å². The summed E-state index contributed by atoms with van der Waals surface area (Å²) in [5.74, 6) is 0.00469. The Bertz CT molecular complexity index is 571. The van der Waals surface area contributed by atoms with Crippen molar-refractivity contribution in [2.24, 2.45) is 0 Å². The molecule has 1 aromatic rings. The molecule has 0 bridgehead atoms. The van der Waals surface area contributed by atoms with Crippen LogP contribution in [0.2, 0.25) is 0 Å². The average molecular weight is 385 g/mol. The summed E-state index contributed by atoms with van der Waals surface area (Å²) in [7, 11) is 0. The summed E-state index contributed by atoms with van der Waals surface area (Å²) in [4.78, 5) is 26.4. The first-order valence-electron chi connectivity index (χ1n) is 7.56. The maximum absolute atomic E-state index is 12.2. The fourth-order valence-corrected chi connectivity index (χ4v) is 3.00. The quantitative estimate of drug-likeness (QED) is 0.808. The number of aliphatic carboxylic acids is 1. The zero-order chi connectivity index (χ0) is 16.8. The number of amides is 1. The van der Waals surface area contributed by atoms with Crippen LogP contribution >= 0.6 is 15.9 Å². The molecule has 1 N–H and O–H groups in total. The second-order valence-electron chi connectivity index (χ2n) is 5.56. The first kappa shape index (κ1) is 17.7. The highest BCUT2D eigenvalue weighted by atomic mass is 79.9. The number of carbonyl (C=O) groups is 2. The molecule has 6 nitrogen and oxygen atoms in total. The number of rotatable bonds is 6. The number of hydrogen-bond acceptors (Lipinski definition) is 4. The van der Waals surface area contributed by atoms with E-state index < -0.39 is 5.97 Å². The van der Waals surface area contributed by atoms with E-state index in [1.807, 2.05) is 30.0 Å². The van der Waals surface area contributed by atoms with Crippen molar-refractivity contribution < 1.29 is 19.4 Å². The SMILES string of the molecule is Cc1cc(Br)ccc1OCCC(=O)N1CCN(CC(=O)O)CC1. The van der Waals surface area contributed by atoms with Crippen molar-refractivity contribution in [3.63, 3.8) is 0 Å². The first-order valence-corrected chi connectivity index (χ1v) is 8.36. The standard InChI is InChI=1S/C16H21BrN2O4/c1-12-10-13(17)2-3-14(12)23-9-4-15(20)19-7-5-18(6-8-19)11-16(21)22/h2-3,10H,4-9,11H2,1H3,(H,21,22). The van der Waals surface area contributed by atoms with E-state index in [9.17, 15) is 9.59 Å². The van der Waals surface area contributed by atoms with Gasteiger partial charge in [0, 0.05) is 30.7 Å². The summed E-state index contributed by atoms with van der Waals surface area (Å²) in [5, 5.41) is 8.76. The highest BCUT2D eigenvalue weighted by Crippen LogP contribution is 2.22. The van der Waals surface area contributed by atoms with Crippen LogP contribution in [0.3, 0.4) is 0 Å². The van der Waals surface area contributed by atoms with Gasteiger partial charge in [-0.15, -0.1) is 0 Å². The number of hydrogen-bond donors (Lipinski definition) is 1. The maximum Gasteiger partial charge on any atom is 0.317 e. The molecule has 0 saturated carbocycles. The lowest BCUT2D eigenvalue weighted by Gasteiger charge is -2.33. The Kier molecular flexibility index (Phi) is 6.41. The average Bonchev–Trinajstić information content (AvgIpc) is 2.49. The molecule has 1 saturated heterocycles. The van der Waals surface area contributed by atoms with Crippen LogP contribution in [0, 0.1) is 6.92 Å². The minimum atomic E-state index is -0.831. The Labute approximate surface area is 144 Å². The number of carbonyl (C=O) groups excluding carboxylic acids is 1. The molecular weight excluding hydrogens is 364 g/mol. The first-order chi connectivity index (χ1) is 11.0. The summed E-state index contributed by atoms with van der Waals surface area (Å²) in [6.07, 6.45) is 0.328. The summed E-state index contributed by atoms with van der Waals surface area (Å²) >= 11 is 3.40. The molecule has 0 radical (unpaired) electrons. The summed E-state index contributed by atoms with van der Waals surface area (Å²) in [6, 6.07) is 5.76. The topological polar surface area (TPSA) is 70.1 Å². The van der Waals surface area contributed by atoms with Gasteiger partial charge in [0.1, 0.15) is 5.75 Å². The fourth-order valence-electron chi connectivity index (χ4n) is 2.53. The van der Waals surface area contributed by atoms with Gasteiger partial charge >= 0.3 is 5.97 Å². The number of carboxylic acid groups (broad SMARTS) is 1. The molecule has 0 spiro atoms. The Morgan fingerprint density at radius 2 is 1.96 bits per heavy atom. The molecule has 0 aliphatic carbocycles. The highest BCUT2D eigenvalue weighted by molar-refractivity contribution is 9.10. The van der Waals surface area contributed by atoms with Gasteiger partial charge in [-0.3, -0.25) is 14.5 Å². The molecule has 7 heteroatoms. The van der Waals surface area contributed by atoms with Crippen LogP contribution in [-0.2, 0) is 9.59 Å². The Morgan fingerprint density at radius 3 is 2.57 bits per heavy atom. The molecule has 0 unspecified atom stereocenters. The van der Waals surface area contributed by atoms with Crippen LogP contribution in [0.5, 0.6) is 5.75 Å². The molecule has 1 fully saturated rings. The van der Waals surface area contributed by atoms with Gasteiger partial charge < -0.3 is 14.7 Å². The third kappa shape index (κ3) is 5.51. The molecule has 1 amide bonds. The van der Waals surface area contributed by atoms with Gasteiger partial charge in [-0.2, -0.15) is 0 Å². The van der Waals surface area contributed by atoms with E-state index in [4.69, 9.17) is 9.84 Å². The number of piperazine rings is 1. The van der Waals surface area contributed by atoms with E-state index in [1.165, 1.54) is 0 Å². The van der Waals surface area contributed by atoms with E-state index in [1.54, 1.807) is 4.90 Å². The van der Waals surface area contributed by atoms with Gasteiger partial charge in [0.2, 0.25) is 5.91 Å². The molecule has 1 aromatic carbocycles. The van der Waals surface area contributed by atoms with Gasteiger partial charge in [0.05, 0.1) is 19.6 Å². The van der Waals surface area contributed by atoms with Crippen LogP contribution in [0.15, 0.2) is 22.7 Å². The summed E-state index contributed by atoms with van der Waals surface area (Å²) in [5.41, 5.74) is 1.02. The lowest BCUT2D eigenvalue weighted by Crippen LogP contribution is -2.50. The number of halogens is 1. The lowest BCUT2D eigenvalue weighted by molar-refractivity contribution is -0.139. The summed E-state index contributed by atoms with van der Waals surface area (Å²) < 4.78 is 6.67. The van der Waals surface area contributed by atoms with Gasteiger partial charge in [0.15, 0.2) is 0 Å². The number of aryl methyl sites for hydroxylation is 1. The predicted octanol–water partition coefficient (Wildman–Crippen LogP) is 1.76. The highest BCUT2D eigenvalue weighted by Gasteiger charge is 2.22. The maximum atomic E-state index is 12.2. The van der Waals surface area contributed by atoms with E-state index in [0.717, 1.165) is 15.8 Å². The van der Waals surface area contributed by atoms with Crippen molar-refractivity contribution in [3.8, 4) is 5.75 Å².